The van der Waals surface area contributed by atoms with Gasteiger partial charge in [-0.15, -0.1) is 0 Å². The van der Waals surface area contributed by atoms with Crippen LogP contribution in [0.2, 0.25) is 0 Å². The lowest BCUT2D eigenvalue weighted by atomic mass is 10.2. The Labute approximate surface area is 107 Å². The Morgan fingerprint density at radius 3 is 2.62 bits per heavy atom. The number of hydrogen-bond acceptors (Lipinski definition) is 2. The highest BCUT2D eigenvalue weighted by molar-refractivity contribution is 9.11. The Kier molecular flexibility index (Phi) is 3.03. The van der Waals surface area contributed by atoms with E-state index in [2.05, 4.69) is 36.8 Å². The molecule has 0 saturated carbocycles. The number of fused-ring (bicyclic) bond motifs is 1. The lowest BCUT2D eigenvalue weighted by Crippen LogP contribution is -2.04. The average Bonchev–Trinajstić information content (AvgIpc) is 2.28. The Bertz CT molecular complexity index is 624. The van der Waals surface area contributed by atoms with Crippen molar-refractivity contribution < 1.29 is 9.13 Å². The number of pyridine rings is 1. The van der Waals surface area contributed by atoms with Crippen molar-refractivity contribution in [1.29, 1.82) is 0 Å². The second-order valence-electron chi connectivity index (χ2n) is 3.09. The highest BCUT2D eigenvalue weighted by atomic mass is 79.9. The SMILES string of the molecule is COc1c(Br)c(F)c(Br)c2[nH]c(=O)ccc12. The van der Waals surface area contributed by atoms with Crippen molar-refractivity contribution in [3.05, 3.63) is 37.2 Å². The van der Waals surface area contributed by atoms with Gasteiger partial charge in [-0.05, 0) is 37.9 Å². The van der Waals surface area contributed by atoms with Crippen LogP contribution in [0.3, 0.4) is 0 Å². The first-order chi connectivity index (χ1) is 7.56. The zero-order valence-electron chi connectivity index (χ0n) is 8.11. The maximum atomic E-state index is 13.7. The van der Waals surface area contributed by atoms with E-state index in [0.29, 0.717) is 16.7 Å². The van der Waals surface area contributed by atoms with Gasteiger partial charge in [-0.2, -0.15) is 0 Å². The number of ether oxygens (including phenoxy) is 1. The fourth-order valence-electron chi connectivity index (χ4n) is 1.46. The summed E-state index contributed by atoms with van der Waals surface area (Å²) in [6.45, 7) is 0. The number of rotatable bonds is 1. The molecular weight excluding hydrogens is 345 g/mol. The summed E-state index contributed by atoms with van der Waals surface area (Å²) < 4.78 is 19.3. The van der Waals surface area contributed by atoms with E-state index in [9.17, 15) is 9.18 Å². The van der Waals surface area contributed by atoms with E-state index in [-0.39, 0.29) is 14.5 Å². The van der Waals surface area contributed by atoms with Crippen molar-refractivity contribution >= 4 is 42.8 Å². The van der Waals surface area contributed by atoms with Gasteiger partial charge in [0.05, 0.1) is 21.6 Å². The van der Waals surface area contributed by atoms with Gasteiger partial charge in [-0.1, -0.05) is 0 Å². The van der Waals surface area contributed by atoms with Crippen LogP contribution < -0.4 is 10.3 Å². The molecule has 1 heterocycles. The molecule has 2 rings (SSSR count). The van der Waals surface area contributed by atoms with Crippen LogP contribution in [0.15, 0.2) is 25.9 Å². The maximum Gasteiger partial charge on any atom is 0.248 e. The number of methoxy groups -OCH3 is 1. The Hall–Kier alpha value is -0.880. The summed E-state index contributed by atoms with van der Waals surface area (Å²) in [5.74, 6) is -0.154. The molecular formula is C10H6Br2FNO2. The number of benzene rings is 1. The molecule has 0 atom stereocenters. The first-order valence-corrected chi connectivity index (χ1v) is 5.88. The van der Waals surface area contributed by atoms with Crippen LogP contribution in [0.5, 0.6) is 5.75 Å². The molecule has 0 aliphatic carbocycles. The highest BCUT2D eigenvalue weighted by Gasteiger charge is 2.17. The molecule has 0 aliphatic rings. The molecule has 1 aromatic carbocycles. The largest absolute Gasteiger partial charge is 0.495 e. The minimum Gasteiger partial charge on any atom is -0.495 e. The minimum absolute atomic E-state index is 0.202. The maximum absolute atomic E-state index is 13.7. The third-order valence-corrected chi connectivity index (χ3v) is 3.62. The molecule has 84 valence electrons. The van der Waals surface area contributed by atoms with Crippen LogP contribution >= 0.6 is 31.9 Å². The molecule has 6 heteroatoms. The monoisotopic (exact) mass is 349 g/mol. The average molecular weight is 351 g/mol. The second-order valence-corrected chi connectivity index (χ2v) is 4.67. The summed E-state index contributed by atoms with van der Waals surface area (Å²) in [6.07, 6.45) is 0. The quantitative estimate of drug-likeness (QED) is 0.802. The minimum atomic E-state index is -0.508. The predicted molar refractivity (Wildman–Crippen MR) is 66.5 cm³/mol. The number of aromatic nitrogens is 1. The van der Waals surface area contributed by atoms with Gasteiger partial charge in [0.25, 0.3) is 0 Å². The van der Waals surface area contributed by atoms with Gasteiger partial charge in [0.1, 0.15) is 5.75 Å². The van der Waals surface area contributed by atoms with Gasteiger partial charge >= 0.3 is 0 Å². The van der Waals surface area contributed by atoms with E-state index in [4.69, 9.17) is 4.74 Å². The van der Waals surface area contributed by atoms with Crippen LogP contribution in [-0.4, -0.2) is 12.1 Å². The molecule has 0 spiro atoms. The summed E-state index contributed by atoms with van der Waals surface area (Å²) in [7, 11) is 1.44. The van der Waals surface area contributed by atoms with Crippen molar-refractivity contribution in [3.8, 4) is 5.75 Å². The lowest BCUT2D eigenvalue weighted by molar-refractivity contribution is 0.412. The topological polar surface area (TPSA) is 42.1 Å². The van der Waals surface area contributed by atoms with Crippen molar-refractivity contribution in [2.24, 2.45) is 0 Å². The van der Waals surface area contributed by atoms with Gasteiger partial charge in [0.15, 0.2) is 5.82 Å². The molecule has 1 N–H and O–H groups in total. The fourth-order valence-corrected chi connectivity index (χ4v) is 2.81. The third-order valence-electron chi connectivity index (χ3n) is 2.17. The zero-order valence-corrected chi connectivity index (χ0v) is 11.3. The summed E-state index contributed by atoms with van der Waals surface area (Å²) >= 11 is 6.21. The van der Waals surface area contributed by atoms with Crippen LogP contribution in [-0.2, 0) is 0 Å². The first-order valence-electron chi connectivity index (χ1n) is 4.29. The van der Waals surface area contributed by atoms with Crippen molar-refractivity contribution in [2.45, 2.75) is 0 Å². The van der Waals surface area contributed by atoms with Crippen LogP contribution in [0, 0.1) is 5.82 Å². The Balaban J connectivity index is 3.03. The van der Waals surface area contributed by atoms with E-state index in [1.165, 1.54) is 13.2 Å². The van der Waals surface area contributed by atoms with Crippen molar-refractivity contribution in [1.82, 2.24) is 4.98 Å². The van der Waals surface area contributed by atoms with Crippen molar-refractivity contribution in [2.75, 3.05) is 7.11 Å². The highest BCUT2D eigenvalue weighted by Crippen LogP contribution is 2.39. The Morgan fingerprint density at radius 2 is 2.00 bits per heavy atom. The molecule has 0 bridgehead atoms. The molecule has 0 unspecified atom stereocenters. The molecule has 2 aromatic rings. The van der Waals surface area contributed by atoms with Crippen LogP contribution in [0.1, 0.15) is 0 Å². The summed E-state index contributed by atoms with van der Waals surface area (Å²) in [5, 5.41) is 0.627. The number of hydrogen-bond donors (Lipinski definition) is 1. The van der Waals surface area contributed by atoms with E-state index in [0.717, 1.165) is 0 Å². The van der Waals surface area contributed by atoms with E-state index in [1.54, 1.807) is 6.07 Å². The molecule has 1 aromatic heterocycles. The van der Waals surface area contributed by atoms with Gasteiger partial charge in [0, 0.05) is 11.5 Å². The number of halogens is 3. The number of nitrogens with one attached hydrogen (secondary N) is 1. The molecule has 16 heavy (non-hydrogen) atoms. The fraction of sp³-hybridized carbons (Fsp3) is 0.100. The molecule has 3 nitrogen and oxygen atoms in total. The van der Waals surface area contributed by atoms with Gasteiger partial charge in [-0.3, -0.25) is 4.79 Å². The van der Waals surface area contributed by atoms with Crippen molar-refractivity contribution in [3.63, 3.8) is 0 Å². The third kappa shape index (κ3) is 1.66. The Morgan fingerprint density at radius 1 is 1.31 bits per heavy atom. The summed E-state index contributed by atoms with van der Waals surface area (Å²) in [5.41, 5.74) is 0.0852. The molecule has 0 fully saturated rings. The lowest BCUT2D eigenvalue weighted by Gasteiger charge is -2.10. The first kappa shape index (κ1) is 11.6. The number of aromatic amines is 1. The van der Waals surface area contributed by atoms with Gasteiger partial charge < -0.3 is 9.72 Å². The number of H-pyrrole nitrogens is 1. The normalized spacial score (nSPS) is 10.8. The predicted octanol–water partition coefficient (Wildman–Crippen LogP) is 3.20. The summed E-state index contributed by atoms with van der Waals surface area (Å²) in [6, 6.07) is 2.95. The van der Waals surface area contributed by atoms with Crippen LogP contribution in [0.25, 0.3) is 10.9 Å². The molecule has 0 saturated heterocycles. The zero-order chi connectivity index (χ0) is 11.9. The molecule has 0 radical (unpaired) electrons. The summed E-state index contributed by atoms with van der Waals surface area (Å²) in [4.78, 5) is 13.7. The van der Waals surface area contributed by atoms with Gasteiger partial charge in [0.2, 0.25) is 5.56 Å². The van der Waals surface area contributed by atoms with Gasteiger partial charge in [-0.25, -0.2) is 4.39 Å². The standard InChI is InChI=1S/C10H6Br2FNO2/c1-16-10-4-2-3-5(15)14-9(4)6(11)8(13)7(10)12/h2-3H,1H3,(H,14,15). The smallest absolute Gasteiger partial charge is 0.248 e. The van der Waals surface area contributed by atoms with Crippen LogP contribution in [0.4, 0.5) is 4.39 Å². The molecule has 0 amide bonds. The van der Waals surface area contributed by atoms with E-state index < -0.39 is 5.82 Å². The van der Waals surface area contributed by atoms with E-state index in [1.807, 2.05) is 0 Å². The molecule has 0 aliphatic heterocycles. The second kappa shape index (κ2) is 4.18. The van der Waals surface area contributed by atoms with E-state index >= 15 is 0 Å².